The standard InChI is InChI=1S/C18H30N2OS/c1-15(2)21-17-9-12-20(13-10-17)11-8-16(19)14-22-18-6-4-3-5-7-18/h3-7,15-17H,8-14,19H2,1-2H3. The number of hydrogen-bond donors (Lipinski definition) is 1. The summed E-state index contributed by atoms with van der Waals surface area (Å²) in [4.78, 5) is 3.84. The third-order valence-electron chi connectivity index (χ3n) is 4.02. The first-order chi connectivity index (χ1) is 10.6. The van der Waals surface area contributed by atoms with Crippen LogP contribution in [0.25, 0.3) is 0 Å². The van der Waals surface area contributed by atoms with Gasteiger partial charge in [-0.15, -0.1) is 11.8 Å². The lowest BCUT2D eigenvalue weighted by Gasteiger charge is -2.33. The summed E-state index contributed by atoms with van der Waals surface area (Å²) in [6.45, 7) is 7.66. The molecule has 1 saturated heterocycles. The molecule has 0 aromatic heterocycles. The van der Waals surface area contributed by atoms with Gasteiger partial charge in [0, 0.05) is 29.8 Å². The average Bonchev–Trinajstić information content (AvgIpc) is 2.53. The maximum absolute atomic E-state index is 6.26. The zero-order valence-electron chi connectivity index (χ0n) is 13.9. The lowest BCUT2D eigenvalue weighted by molar-refractivity contribution is -0.0269. The largest absolute Gasteiger partial charge is 0.375 e. The molecule has 4 heteroatoms. The van der Waals surface area contributed by atoms with Gasteiger partial charge < -0.3 is 15.4 Å². The molecule has 0 amide bonds. The van der Waals surface area contributed by atoms with Gasteiger partial charge in [0.05, 0.1) is 12.2 Å². The molecule has 1 heterocycles. The first-order valence-corrected chi connectivity index (χ1v) is 9.43. The van der Waals surface area contributed by atoms with Crippen LogP contribution in [0.2, 0.25) is 0 Å². The van der Waals surface area contributed by atoms with Gasteiger partial charge in [-0.1, -0.05) is 18.2 Å². The smallest absolute Gasteiger partial charge is 0.0603 e. The van der Waals surface area contributed by atoms with E-state index in [4.69, 9.17) is 10.5 Å². The minimum Gasteiger partial charge on any atom is -0.375 e. The van der Waals surface area contributed by atoms with E-state index in [2.05, 4.69) is 49.1 Å². The fourth-order valence-electron chi connectivity index (χ4n) is 2.81. The van der Waals surface area contributed by atoms with Crippen LogP contribution in [0.1, 0.15) is 33.1 Å². The maximum Gasteiger partial charge on any atom is 0.0603 e. The summed E-state index contributed by atoms with van der Waals surface area (Å²) in [5.74, 6) is 0.997. The van der Waals surface area contributed by atoms with Crippen LogP contribution in [0, 0.1) is 0 Å². The average molecular weight is 323 g/mol. The molecule has 22 heavy (non-hydrogen) atoms. The van der Waals surface area contributed by atoms with Crippen LogP contribution in [0.5, 0.6) is 0 Å². The van der Waals surface area contributed by atoms with Crippen LogP contribution in [0.4, 0.5) is 0 Å². The van der Waals surface area contributed by atoms with E-state index in [0.29, 0.717) is 12.2 Å². The zero-order valence-corrected chi connectivity index (χ0v) is 14.7. The van der Waals surface area contributed by atoms with Crippen molar-refractivity contribution in [3.63, 3.8) is 0 Å². The van der Waals surface area contributed by atoms with Gasteiger partial charge in [0.2, 0.25) is 0 Å². The molecule has 1 aliphatic rings. The lowest BCUT2D eigenvalue weighted by atomic mass is 10.1. The summed E-state index contributed by atoms with van der Waals surface area (Å²) in [7, 11) is 0. The molecule has 124 valence electrons. The number of likely N-dealkylation sites (tertiary alicyclic amines) is 1. The van der Waals surface area contributed by atoms with Crippen molar-refractivity contribution in [1.29, 1.82) is 0 Å². The predicted molar refractivity (Wildman–Crippen MR) is 95.4 cm³/mol. The molecule has 0 saturated carbocycles. The quantitative estimate of drug-likeness (QED) is 0.745. The number of piperidine rings is 1. The van der Waals surface area contributed by atoms with Gasteiger partial charge in [-0.2, -0.15) is 0 Å². The van der Waals surface area contributed by atoms with Gasteiger partial charge in [-0.05, 0) is 51.8 Å². The highest BCUT2D eigenvalue weighted by atomic mass is 32.2. The van der Waals surface area contributed by atoms with Crippen molar-refractivity contribution in [1.82, 2.24) is 4.90 Å². The molecule has 1 aromatic rings. The number of nitrogens with two attached hydrogens (primary N) is 1. The third-order valence-corrected chi connectivity index (χ3v) is 5.22. The Morgan fingerprint density at radius 3 is 2.55 bits per heavy atom. The van der Waals surface area contributed by atoms with Gasteiger partial charge >= 0.3 is 0 Å². The van der Waals surface area contributed by atoms with E-state index in [1.807, 2.05) is 11.8 Å². The zero-order chi connectivity index (χ0) is 15.8. The summed E-state index contributed by atoms with van der Waals surface area (Å²) in [6, 6.07) is 10.8. The van der Waals surface area contributed by atoms with Gasteiger partial charge in [0.25, 0.3) is 0 Å². The number of thioether (sulfide) groups is 1. The Hall–Kier alpha value is -0.550. The van der Waals surface area contributed by atoms with E-state index in [1.54, 1.807) is 0 Å². The molecule has 1 aromatic carbocycles. The molecule has 1 fully saturated rings. The topological polar surface area (TPSA) is 38.5 Å². The number of benzene rings is 1. The van der Waals surface area contributed by atoms with Crippen molar-refractivity contribution in [2.75, 3.05) is 25.4 Å². The highest BCUT2D eigenvalue weighted by Gasteiger charge is 2.20. The Bertz CT molecular complexity index is 405. The number of ether oxygens (including phenoxy) is 1. The Labute approximate surface area is 139 Å². The fraction of sp³-hybridized carbons (Fsp3) is 0.667. The van der Waals surface area contributed by atoms with E-state index in [1.165, 1.54) is 4.90 Å². The van der Waals surface area contributed by atoms with Crippen molar-refractivity contribution >= 4 is 11.8 Å². The van der Waals surface area contributed by atoms with E-state index in [9.17, 15) is 0 Å². The van der Waals surface area contributed by atoms with E-state index in [-0.39, 0.29) is 6.04 Å². The van der Waals surface area contributed by atoms with Crippen molar-refractivity contribution in [3.05, 3.63) is 30.3 Å². The van der Waals surface area contributed by atoms with Crippen molar-refractivity contribution in [3.8, 4) is 0 Å². The minimum atomic E-state index is 0.273. The molecular weight excluding hydrogens is 292 g/mol. The molecule has 1 unspecified atom stereocenters. The van der Waals surface area contributed by atoms with Crippen molar-refractivity contribution < 1.29 is 4.74 Å². The third kappa shape index (κ3) is 6.69. The van der Waals surface area contributed by atoms with Gasteiger partial charge in [0.1, 0.15) is 0 Å². The highest BCUT2D eigenvalue weighted by molar-refractivity contribution is 7.99. The molecular formula is C18H30N2OS. The molecule has 0 radical (unpaired) electrons. The molecule has 2 rings (SSSR count). The van der Waals surface area contributed by atoms with Gasteiger partial charge in [-0.3, -0.25) is 0 Å². The Kier molecular flexibility index (Phi) is 7.73. The van der Waals surface area contributed by atoms with Crippen LogP contribution < -0.4 is 5.73 Å². The fourth-order valence-corrected chi connectivity index (χ4v) is 3.73. The predicted octanol–water partition coefficient (Wildman–Crippen LogP) is 3.39. The molecule has 1 aliphatic heterocycles. The van der Waals surface area contributed by atoms with E-state index in [0.717, 1.165) is 44.6 Å². The number of nitrogens with zero attached hydrogens (tertiary/aromatic N) is 1. The summed E-state index contributed by atoms with van der Waals surface area (Å²) >= 11 is 1.86. The van der Waals surface area contributed by atoms with Crippen LogP contribution in [-0.4, -0.2) is 48.5 Å². The molecule has 0 aliphatic carbocycles. The van der Waals surface area contributed by atoms with Crippen LogP contribution in [-0.2, 0) is 4.74 Å². The molecule has 0 spiro atoms. The Morgan fingerprint density at radius 2 is 1.91 bits per heavy atom. The second-order valence-electron chi connectivity index (χ2n) is 6.40. The highest BCUT2D eigenvalue weighted by Crippen LogP contribution is 2.19. The van der Waals surface area contributed by atoms with Crippen molar-refractivity contribution in [2.24, 2.45) is 5.73 Å². The SMILES string of the molecule is CC(C)OC1CCN(CCC(N)CSc2ccccc2)CC1. The summed E-state index contributed by atoms with van der Waals surface area (Å²) in [5.41, 5.74) is 6.26. The number of rotatable bonds is 8. The molecule has 1 atom stereocenters. The second-order valence-corrected chi connectivity index (χ2v) is 7.49. The van der Waals surface area contributed by atoms with E-state index < -0.39 is 0 Å². The van der Waals surface area contributed by atoms with Crippen LogP contribution in [0.15, 0.2) is 35.2 Å². The normalized spacial score (nSPS) is 18.7. The Balaban J connectivity index is 1.58. The van der Waals surface area contributed by atoms with Gasteiger partial charge in [0.15, 0.2) is 0 Å². The van der Waals surface area contributed by atoms with E-state index >= 15 is 0 Å². The van der Waals surface area contributed by atoms with Crippen LogP contribution in [0.3, 0.4) is 0 Å². The molecule has 0 bridgehead atoms. The summed E-state index contributed by atoms with van der Waals surface area (Å²) < 4.78 is 5.90. The minimum absolute atomic E-state index is 0.273. The first kappa shape index (κ1) is 17.8. The second kappa shape index (κ2) is 9.56. The molecule has 3 nitrogen and oxygen atoms in total. The van der Waals surface area contributed by atoms with Gasteiger partial charge in [-0.25, -0.2) is 0 Å². The Morgan fingerprint density at radius 1 is 1.23 bits per heavy atom. The van der Waals surface area contributed by atoms with Crippen LogP contribution >= 0.6 is 11.8 Å². The van der Waals surface area contributed by atoms with Crippen molar-refractivity contribution in [2.45, 2.75) is 56.3 Å². The molecule has 2 N–H and O–H groups in total. The lowest BCUT2D eigenvalue weighted by Crippen LogP contribution is -2.40. The maximum atomic E-state index is 6.26. The first-order valence-electron chi connectivity index (χ1n) is 8.44. The monoisotopic (exact) mass is 322 g/mol. The number of hydrogen-bond acceptors (Lipinski definition) is 4. The summed E-state index contributed by atoms with van der Waals surface area (Å²) in [5, 5.41) is 0. The summed E-state index contributed by atoms with van der Waals surface area (Å²) in [6.07, 6.45) is 4.20.